The van der Waals surface area contributed by atoms with Crippen molar-refractivity contribution in [2.75, 3.05) is 18.4 Å². The molecule has 5 heteroatoms. The minimum Gasteiger partial charge on any atom is -0.368 e. The highest BCUT2D eigenvalue weighted by atomic mass is 79.9. The number of ether oxygens (including phenoxy) is 1. The van der Waals surface area contributed by atoms with Gasteiger partial charge in [-0.1, -0.05) is 15.9 Å². The minimum atomic E-state index is -0.275. The summed E-state index contributed by atoms with van der Waals surface area (Å²) in [6.07, 6.45) is 0.0707. The van der Waals surface area contributed by atoms with E-state index in [1.807, 2.05) is 35.6 Å². The number of hydrogen-bond donors (Lipinski definition) is 0. The van der Waals surface area contributed by atoms with Crippen molar-refractivity contribution in [3.05, 3.63) is 22.4 Å². The Balaban J connectivity index is 2.12. The maximum atomic E-state index is 12.3. The molecule has 0 aliphatic carbocycles. The van der Waals surface area contributed by atoms with Gasteiger partial charge >= 0.3 is 0 Å². The van der Waals surface area contributed by atoms with Crippen LogP contribution in [0.2, 0.25) is 0 Å². The van der Waals surface area contributed by atoms with E-state index < -0.39 is 0 Å². The van der Waals surface area contributed by atoms with Crippen molar-refractivity contribution in [3.8, 4) is 0 Å². The number of rotatable bonds is 2. The molecule has 1 aromatic rings. The molecular formula is C12H16BrNO2S. The van der Waals surface area contributed by atoms with Gasteiger partial charge in [-0.2, -0.15) is 11.3 Å². The molecule has 1 fully saturated rings. The molecule has 17 heavy (non-hydrogen) atoms. The molecule has 0 spiro atoms. The van der Waals surface area contributed by atoms with Crippen molar-refractivity contribution in [2.45, 2.75) is 25.6 Å². The number of nitrogens with zero attached hydrogens (tertiary/aromatic N) is 1. The van der Waals surface area contributed by atoms with Crippen LogP contribution < -0.4 is 0 Å². The molecule has 0 N–H and O–H groups in total. The molecule has 0 bridgehead atoms. The second-order valence-corrected chi connectivity index (χ2v) is 6.28. The Bertz CT molecular complexity index is 391. The number of thiophene rings is 1. The molecule has 1 amide bonds. The van der Waals surface area contributed by atoms with Gasteiger partial charge in [0.25, 0.3) is 5.91 Å². The normalized spacial score (nSPS) is 23.7. The van der Waals surface area contributed by atoms with Crippen LogP contribution in [0.3, 0.4) is 0 Å². The number of carbonyl (C=O) groups is 1. The van der Waals surface area contributed by atoms with Crippen molar-refractivity contribution in [1.82, 2.24) is 4.90 Å². The standard InChI is InChI=1S/C12H16BrNO2S/c1-12(2)8-14(6-10(5-13)16-12)11(15)9-3-4-17-7-9/h3-4,7,10H,5-6,8H2,1-2H3. The first-order valence-electron chi connectivity index (χ1n) is 5.57. The van der Waals surface area contributed by atoms with E-state index in [-0.39, 0.29) is 17.6 Å². The maximum Gasteiger partial charge on any atom is 0.254 e. The third kappa shape index (κ3) is 3.09. The summed E-state index contributed by atoms with van der Waals surface area (Å²) in [6.45, 7) is 5.35. The number of alkyl halides is 1. The predicted molar refractivity (Wildman–Crippen MR) is 73.0 cm³/mol. The van der Waals surface area contributed by atoms with Gasteiger partial charge in [-0.3, -0.25) is 4.79 Å². The summed E-state index contributed by atoms with van der Waals surface area (Å²) in [6, 6.07) is 1.87. The van der Waals surface area contributed by atoms with Crippen LogP contribution in [-0.2, 0) is 4.74 Å². The predicted octanol–water partition coefficient (Wildman–Crippen LogP) is 2.76. The number of carbonyl (C=O) groups excluding carboxylic acids is 1. The third-order valence-electron chi connectivity index (χ3n) is 2.71. The van der Waals surface area contributed by atoms with E-state index >= 15 is 0 Å². The molecule has 1 saturated heterocycles. The fourth-order valence-corrected chi connectivity index (χ4v) is 3.07. The van der Waals surface area contributed by atoms with Crippen LogP contribution in [0.1, 0.15) is 24.2 Å². The molecule has 0 aromatic carbocycles. The minimum absolute atomic E-state index is 0.0707. The van der Waals surface area contributed by atoms with Gasteiger partial charge in [0.1, 0.15) is 0 Å². The average molecular weight is 318 g/mol. The Hall–Kier alpha value is -0.390. The van der Waals surface area contributed by atoms with Gasteiger partial charge in [0.05, 0.1) is 17.3 Å². The number of hydrogen-bond acceptors (Lipinski definition) is 3. The molecule has 94 valence electrons. The molecule has 3 nitrogen and oxygen atoms in total. The lowest BCUT2D eigenvalue weighted by Gasteiger charge is -2.42. The molecule has 2 rings (SSSR count). The van der Waals surface area contributed by atoms with Crippen molar-refractivity contribution in [1.29, 1.82) is 0 Å². The first-order chi connectivity index (χ1) is 8.02. The molecule has 1 aliphatic rings. The molecule has 1 atom stereocenters. The van der Waals surface area contributed by atoms with Crippen LogP contribution in [0, 0.1) is 0 Å². The summed E-state index contributed by atoms with van der Waals surface area (Å²) in [7, 11) is 0. The Morgan fingerprint density at radius 2 is 2.47 bits per heavy atom. The zero-order valence-electron chi connectivity index (χ0n) is 9.98. The van der Waals surface area contributed by atoms with Crippen LogP contribution in [0.25, 0.3) is 0 Å². The van der Waals surface area contributed by atoms with Crippen LogP contribution in [-0.4, -0.2) is 40.9 Å². The van der Waals surface area contributed by atoms with Crippen molar-refractivity contribution in [3.63, 3.8) is 0 Å². The second-order valence-electron chi connectivity index (χ2n) is 4.85. The van der Waals surface area contributed by atoms with E-state index in [1.165, 1.54) is 0 Å². The number of morpholine rings is 1. The molecule has 2 heterocycles. The smallest absolute Gasteiger partial charge is 0.254 e. The van der Waals surface area contributed by atoms with E-state index in [0.717, 1.165) is 10.9 Å². The number of amides is 1. The Labute approximate surface area is 114 Å². The zero-order chi connectivity index (χ0) is 12.5. The lowest BCUT2D eigenvalue weighted by Crippen LogP contribution is -2.55. The highest BCUT2D eigenvalue weighted by Gasteiger charge is 2.35. The monoisotopic (exact) mass is 317 g/mol. The van der Waals surface area contributed by atoms with Gasteiger partial charge < -0.3 is 9.64 Å². The molecule has 1 unspecified atom stereocenters. The van der Waals surface area contributed by atoms with Gasteiger partial charge in [0.2, 0.25) is 0 Å². The quantitative estimate of drug-likeness (QED) is 0.785. The summed E-state index contributed by atoms with van der Waals surface area (Å²) in [4.78, 5) is 14.2. The van der Waals surface area contributed by atoms with Gasteiger partial charge in [0, 0.05) is 23.8 Å². The van der Waals surface area contributed by atoms with Crippen LogP contribution in [0.15, 0.2) is 16.8 Å². The van der Waals surface area contributed by atoms with Gasteiger partial charge in [-0.25, -0.2) is 0 Å². The summed E-state index contributed by atoms with van der Waals surface area (Å²) in [5.74, 6) is 0.105. The first kappa shape index (κ1) is 13.1. The third-order valence-corrected chi connectivity index (χ3v) is 4.11. The summed E-state index contributed by atoms with van der Waals surface area (Å²) < 4.78 is 5.88. The summed E-state index contributed by atoms with van der Waals surface area (Å²) in [5, 5.41) is 4.58. The maximum absolute atomic E-state index is 12.3. The van der Waals surface area contributed by atoms with Crippen LogP contribution >= 0.6 is 27.3 Å². The molecule has 0 saturated carbocycles. The van der Waals surface area contributed by atoms with E-state index in [9.17, 15) is 4.79 Å². The van der Waals surface area contributed by atoms with E-state index in [0.29, 0.717) is 13.1 Å². The van der Waals surface area contributed by atoms with Crippen molar-refractivity contribution < 1.29 is 9.53 Å². The lowest BCUT2D eigenvalue weighted by atomic mass is 10.0. The van der Waals surface area contributed by atoms with Gasteiger partial charge in [-0.15, -0.1) is 0 Å². The Morgan fingerprint density at radius 1 is 1.71 bits per heavy atom. The fourth-order valence-electron chi connectivity index (χ4n) is 2.10. The molecule has 0 radical (unpaired) electrons. The van der Waals surface area contributed by atoms with Crippen molar-refractivity contribution >= 4 is 33.2 Å². The Morgan fingerprint density at radius 3 is 3.06 bits per heavy atom. The van der Waals surface area contributed by atoms with Gasteiger partial charge in [0.15, 0.2) is 0 Å². The second kappa shape index (κ2) is 5.08. The van der Waals surface area contributed by atoms with Crippen LogP contribution in [0.4, 0.5) is 0 Å². The van der Waals surface area contributed by atoms with E-state index in [1.54, 1.807) is 11.3 Å². The van der Waals surface area contributed by atoms with Crippen LogP contribution in [0.5, 0.6) is 0 Å². The van der Waals surface area contributed by atoms with E-state index in [4.69, 9.17) is 4.74 Å². The van der Waals surface area contributed by atoms with Crippen molar-refractivity contribution in [2.24, 2.45) is 0 Å². The average Bonchev–Trinajstić information content (AvgIpc) is 2.79. The largest absolute Gasteiger partial charge is 0.368 e. The topological polar surface area (TPSA) is 29.5 Å². The Kier molecular flexibility index (Phi) is 3.90. The highest BCUT2D eigenvalue weighted by Crippen LogP contribution is 2.23. The lowest BCUT2D eigenvalue weighted by molar-refractivity contribution is -0.116. The molecular weight excluding hydrogens is 302 g/mol. The zero-order valence-corrected chi connectivity index (χ0v) is 12.4. The molecule has 1 aliphatic heterocycles. The number of halogens is 1. The SMILES string of the molecule is CC1(C)CN(C(=O)c2ccsc2)CC(CBr)O1. The summed E-state index contributed by atoms with van der Waals surface area (Å²) >= 11 is 4.98. The summed E-state index contributed by atoms with van der Waals surface area (Å²) in [5.41, 5.74) is 0.503. The highest BCUT2D eigenvalue weighted by molar-refractivity contribution is 9.09. The van der Waals surface area contributed by atoms with Gasteiger partial charge in [-0.05, 0) is 25.3 Å². The molecule has 1 aromatic heterocycles. The van der Waals surface area contributed by atoms with E-state index in [2.05, 4.69) is 15.9 Å². The fraction of sp³-hybridized carbons (Fsp3) is 0.583. The first-order valence-corrected chi connectivity index (χ1v) is 7.63.